The minimum absolute atomic E-state index is 0.156. The molecule has 2 aromatic heterocycles. The SMILES string of the molecule is COC(=O)c1ccc(S(=O)(=O)NC(C)c2cccs2)o1. The van der Waals surface area contributed by atoms with E-state index in [1.165, 1.54) is 30.6 Å². The smallest absolute Gasteiger partial charge is 0.374 e. The predicted molar refractivity (Wildman–Crippen MR) is 73.1 cm³/mol. The fraction of sp³-hybridized carbons (Fsp3) is 0.250. The number of methoxy groups -OCH3 is 1. The summed E-state index contributed by atoms with van der Waals surface area (Å²) in [5.41, 5.74) is 0. The van der Waals surface area contributed by atoms with Gasteiger partial charge in [0.1, 0.15) is 0 Å². The van der Waals surface area contributed by atoms with Crippen molar-refractivity contribution in [3.8, 4) is 0 Å². The summed E-state index contributed by atoms with van der Waals surface area (Å²) < 4.78 is 36.2. The maximum absolute atomic E-state index is 12.1. The van der Waals surface area contributed by atoms with Crippen LogP contribution >= 0.6 is 11.3 Å². The Hall–Kier alpha value is -1.64. The molecule has 2 heterocycles. The number of esters is 1. The van der Waals surface area contributed by atoms with Crippen molar-refractivity contribution in [1.82, 2.24) is 4.72 Å². The van der Waals surface area contributed by atoms with Gasteiger partial charge in [-0.1, -0.05) is 6.07 Å². The van der Waals surface area contributed by atoms with Crippen molar-refractivity contribution in [2.45, 2.75) is 18.1 Å². The summed E-state index contributed by atoms with van der Waals surface area (Å²) in [7, 11) is -2.63. The highest BCUT2D eigenvalue weighted by Gasteiger charge is 2.24. The summed E-state index contributed by atoms with van der Waals surface area (Å²) in [5, 5.41) is 1.55. The molecule has 20 heavy (non-hydrogen) atoms. The van der Waals surface area contributed by atoms with Crippen LogP contribution in [0.15, 0.2) is 39.2 Å². The van der Waals surface area contributed by atoms with Crippen LogP contribution in [-0.2, 0) is 14.8 Å². The number of sulfonamides is 1. The third kappa shape index (κ3) is 3.09. The molecule has 0 spiro atoms. The van der Waals surface area contributed by atoms with Crippen molar-refractivity contribution >= 4 is 27.3 Å². The van der Waals surface area contributed by atoms with Gasteiger partial charge in [0.15, 0.2) is 0 Å². The molecule has 2 aromatic rings. The number of nitrogens with one attached hydrogen (secondary N) is 1. The molecule has 0 saturated heterocycles. The summed E-state index contributed by atoms with van der Waals surface area (Å²) in [5.74, 6) is -0.880. The Morgan fingerprint density at radius 3 is 2.75 bits per heavy atom. The van der Waals surface area contributed by atoms with E-state index in [9.17, 15) is 13.2 Å². The van der Waals surface area contributed by atoms with Gasteiger partial charge < -0.3 is 9.15 Å². The number of thiophene rings is 1. The number of carbonyl (C=O) groups excluding carboxylic acids is 1. The topological polar surface area (TPSA) is 85.6 Å². The third-order valence-corrected chi connectivity index (χ3v) is 5.00. The lowest BCUT2D eigenvalue weighted by molar-refractivity contribution is 0.0559. The van der Waals surface area contributed by atoms with E-state index in [-0.39, 0.29) is 16.9 Å². The largest absolute Gasteiger partial charge is 0.463 e. The molecule has 0 aliphatic carbocycles. The van der Waals surface area contributed by atoms with Gasteiger partial charge in [-0.15, -0.1) is 11.3 Å². The zero-order chi connectivity index (χ0) is 14.8. The molecule has 0 radical (unpaired) electrons. The van der Waals surface area contributed by atoms with E-state index in [1.54, 1.807) is 6.92 Å². The molecule has 1 N–H and O–H groups in total. The lowest BCUT2D eigenvalue weighted by Crippen LogP contribution is -2.26. The molecular formula is C12H13NO5S2. The lowest BCUT2D eigenvalue weighted by Gasteiger charge is -2.10. The molecule has 8 heteroatoms. The standard InChI is InChI=1S/C12H13NO5S2/c1-8(10-4-3-7-19-10)13-20(15,16)11-6-5-9(18-11)12(14)17-2/h3-8,13H,1-2H3. The Morgan fingerprint density at radius 1 is 1.40 bits per heavy atom. The monoisotopic (exact) mass is 315 g/mol. The molecule has 1 unspecified atom stereocenters. The molecule has 0 aliphatic heterocycles. The molecule has 0 bridgehead atoms. The first-order chi connectivity index (χ1) is 9.44. The Kier molecular flexibility index (Phi) is 4.26. The minimum atomic E-state index is -3.82. The highest BCUT2D eigenvalue weighted by Crippen LogP contribution is 2.22. The Balaban J connectivity index is 2.18. The number of rotatable bonds is 5. The van der Waals surface area contributed by atoms with Crippen LogP contribution in [-0.4, -0.2) is 21.5 Å². The zero-order valence-corrected chi connectivity index (χ0v) is 12.5. The molecule has 0 aliphatic rings. The number of ether oxygens (including phenoxy) is 1. The van der Waals surface area contributed by atoms with E-state index >= 15 is 0 Å². The van der Waals surface area contributed by atoms with Gasteiger partial charge in [0.2, 0.25) is 10.9 Å². The van der Waals surface area contributed by atoms with Crippen LogP contribution in [0.25, 0.3) is 0 Å². The highest BCUT2D eigenvalue weighted by atomic mass is 32.2. The highest BCUT2D eigenvalue weighted by molar-refractivity contribution is 7.89. The summed E-state index contributed by atoms with van der Waals surface area (Å²) >= 11 is 1.45. The molecule has 6 nitrogen and oxygen atoms in total. The molecule has 0 saturated carbocycles. The van der Waals surface area contributed by atoms with Gasteiger partial charge in [-0.2, -0.15) is 0 Å². The Morgan fingerprint density at radius 2 is 2.15 bits per heavy atom. The van der Waals surface area contributed by atoms with Crippen LogP contribution in [0.2, 0.25) is 0 Å². The maximum atomic E-state index is 12.1. The van der Waals surface area contributed by atoms with Gasteiger partial charge in [0.05, 0.1) is 13.2 Å². The van der Waals surface area contributed by atoms with E-state index in [0.29, 0.717) is 0 Å². The first-order valence-electron chi connectivity index (χ1n) is 5.68. The molecular weight excluding hydrogens is 302 g/mol. The lowest BCUT2D eigenvalue weighted by atomic mass is 10.3. The number of carbonyl (C=O) groups is 1. The molecule has 1 atom stereocenters. The van der Waals surface area contributed by atoms with E-state index in [4.69, 9.17) is 4.42 Å². The number of hydrogen-bond donors (Lipinski definition) is 1. The third-order valence-electron chi connectivity index (χ3n) is 2.53. The van der Waals surface area contributed by atoms with Gasteiger partial charge in [-0.3, -0.25) is 0 Å². The molecule has 0 aromatic carbocycles. The second-order valence-electron chi connectivity index (χ2n) is 3.97. The van der Waals surface area contributed by atoms with Crippen molar-refractivity contribution in [1.29, 1.82) is 0 Å². The van der Waals surface area contributed by atoms with Crippen molar-refractivity contribution < 1.29 is 22.4 Å². The average Bonchev–Trinajstić information content (AvgIpc) is 3.08. The van der Waals surface area contributed by atoms with Crippen molar-refractivity contribution in [2.24, 2.45) is 0 Å². The quantitative estimate of drug-likeness (QED) is 0.855. The van der Waals surface area contributed by atoms with Gasteiger partial charge in [-0.25, -0.2) is 17.9 Å². The maximum Gasteiger partial charge on any atom is 0.374 e. The van der Waals surface area contributed by atoms with Crippen molar-refractivity contribution in [2.75, 3.05) is 7.11 Å². The summed E-state index contributed by atoms with van der Waals surface area (Å²) in [4.78, 5) is 12.1. The van der Waals surface area contributed by atoms with Crippen LogP contribution in [0.1, 0.15) is 28.4 Å². The van der Waals surface area contributed by atoms with Crippen molar-refractivity contribution in [3.63, 3.8) is 0 Å². The van der Waals surface area contributed by atoms with Gasteiger partial charge in [0.25, 0.3) is 10.0 Å². The van der Waals surface area contributed by atoms with E-state index < -0.39 is 16.0 Å². The van der Waals surface area contributed by atoms with E-state index in [2.05, 4.69) is 9.46 Å². The van der Waals surface area contributed by atoms with Gasteiger partial charge in [0, 0.05) is 4.88 Å². The molecule has 108 valence electrons. The second-order valence-corrected chi connectivity index (χ2v) is 6.59. The normalized spacial score (nSPS) is 13.1. The fourth-order valence-corrected chi connectivity index (χ4v) is 3.53. The molecule has 2 rings (SSSR count). The Bertz CT molecular complexity index is 687. The van der Waals surface area contributed by atoms with Crippen LogP contribution in [0.4, 0.5) is 0 Å². The predicted octanol–water partition coefficient (Wildman–Crippen LogP) is 2.17. The summed E-state index contributed by atoms with van der Waals surface area (Å²) in [6, 6.07) is 5.77. The van der Waals surface area contributed by atoms with Crippen LogP contribution < -0.4 is 4.72 Å². The Labute approximate surface area is 120 Å². The average molecular weight is 315 g/mol. The van der Waals surface area contributed by atoms with Gasteiger partial charge in [-0.05, 0) is 30.5 Å². The van der Waals surface area contributed by atoms with Crippen LogP contribution in [0.5, 0.6) is 0 Å². The van der Waals surface area contributed by atoms with Crippen LogP contribution in [0.3, 0.4) is 0 Å². The molecule has 0 amide bonds. The van der Waals surface area contributed by atoms with Crippen molar-refractivity contribution in [3.05, 3.63) is 40.3 Å². The second kappa shape index (κ2) is 5.78. The van der Waals surface area contributed by atoms with Crippen LogP contribution in [0, 0.1) is 0 Å². The summed E-state index contributed by atoms with van der Waals surface area (Å²) in [6.45, 7) is 1.73. The van der Waals surface area contributed by atoms with E-state index in [0.717, 1.165) is 4.88 Å². The summed E-state index contributed by atoms with van der Waals surface area (Å²) in [6.07, 6.45) is 0. The minimum Gasteiger partial charge on any atom is -0.463 e. The first-order valence-corrected chi connectivity index (χ1v) is 8.04. The zero-order valence-electron chi connectivity index (χ0n) is 10.8. The fourth-order valence-electron chi connectivity index (χ4n) is 1.56. The van der Waals surface area contributed by atoms with Gasteiger partial charge >= 0.3 is 5.97 Å². The van der Waals surface area contributed by atoms with E-state index in [1.807, 2.05) is 17.5 Å². The first kappa shape index (κ1) is 14.8. The number of furan rings is 1. The molecule has 0 fully saturated rings. The number of hydrogen-bond acceptors (Lipinski definition) is 6.